The molecule has 0 unspecified atom stereocenters. The molecule has 0 saturated carbocycles. The van der Waals surface area contributed by atoms with Gasteiger partial charge in [-0.1, -0.05) is 5.16 Å². The van der Waals surface area contributed by atoms with Crippen LogP contribution in [0.25, 0.3) is 0 Å². The first-order valence-corrected chi connectivity index (χ1v) is 10.7. The highest BCUT2D eigenvalue weighted by Crippen LogP contribution is 2.38. The SMILES string of the molecule is COCCC1(c2noc(C3CCOCC3)n2)CCN(Cc2cnn(C)c2C)CC1. The van der Waals surface area contributed by atoms with E-state index in [1.54, 1.807) is 7.11 Å². The van der Waals surface area contributed by atoms with Crippen molar-refractivity contribution in [1.82, 2.24) is 24.8 Å². The van der Waals surface area contributed by atoms with E-state index in [1.165, 1.54) is 11.3 Å². The lowest BCUT2D eigenvalue weighted by atomic mass is 9.75. The first-order chi connectivity index (χ1) is 14.1. The molecule has 160 valence electrons. The molecule has 2 aliphatic heterocycles. The minimum atomic E-state index is -0.0661. The molecule has 0 bridgehead atoms. The summed E-state index contributed by atoms with van der Waals surface area (Å²) >= 11 is 0. The highest BCUT2D eigenvalue weighted by atomic mass is 16.5. The molecule has 8 nitrogen and oxygen atoms in total. The van der Waals surface area contributed by atoms with Crippen molar-refractivity contribution in [2.24, 2.45) is 7.05 Å². The fraction of sp³-hybridized carbons (Fsp3) is 0.762. The van der Waals surface area contributed by atoms with Crippen molar-refractivity contribution < 1.29 is 14.0 Å². The highest BCUT2D eigenvalue weighted by Gasteiger charge is 2.40. The van der Waals surface area contributed by atoms with E-state index in [2.05, 4.69) is 22.1 Å². The van der Waals surface area contributed by atoms with Crippen molar-refractivity contribution in [2.45, 2.75) is 56.9 Å². The van der Waals surface area contributed by atoms with Gasteiger partial charge < -0.3 is 14.0 Å². The third-order valence-corrected chi connectivity index (χ3v) is 6.82. The van der Waals surface area contributed by atoms with Gasteiger partial charge in [0.25, 0.3) is 0 Å². The van der Waals surface area contributed by atoms with E-state index in [0.29, 0.717) is 12.5 Å². The number of likely N-dealkylation sites (tertiary alicyclic amines) is 1. The first kappa shape index (κ1) is 20.5. The number of methoxy groups -OCH3 is 1. The van der Waals surface area contributed by atoms with Gasteiger partial charge in [-0.25, -0.2) is 0 Å². The third-order valence-electron chi connectivity index (χ3n) is 6.82. The van der Waals surface area contributed by atoms with Crippen LogP contribution in [0.3, 0.4) is 0 Å². The van der Waals surface area contributed by atoms with Crippen LogP contribution in [0.4, 0.5) is 0 Å². The van der Waals surface area contributed by atoms with Gasteiger partial charge in [0.2, 0.25) is 5.89 Å². The third kappa shape index (κ3) is 4.39. The fourth-order valence-electron chi connectivity index (χ4n) is 4.52. The number of aromatic nitrogens is 4. The minimum absolute atomic E-state index is 0.0661. The van der Waals surface area contributed by atoms with Crippen molar-refractivity contribution in [3.05, 3.63) is 29.2 Å². The molecule has 0 aromatic carbocycles. The second-order valence-corrected chi connectivity index (χ2v) is 8.52. The largest absolute Gasteiger partial charge is 0.385 e. The van der Waals surface area contributed by atoms with E-state index >= 15 is 0 Å². The molecule has 2 aliphatic rings. The monoisotopic (exact) mass is 403 g/mol. The lowest BCUT2D eigenvalue weighted by Gasteiger charge is -2.39. The molecular formula is C21H33N5O3. The Morgan fingerprint density at radius 3 is 2.66 bits per heavy atom. The molecule has 0 amide bonds. The van der Waals surface area contributed by atoms with Gasteiger partial charge in [0.15, 0.2) is 5.82 Å². The first-order valence-electron chi connectivity index (χ1n) is 10.7. The zero-order valence-electron chi connectivity index (χ0n) is 17.9. The number of aryl methyl sites for hydroxylation is 1. The molecule has 0 radical (unpaired) electrons. The maximum Gasteiger partial charge on any atom is 0.229 e. The van der Waals surface area contributed by atoms with E-state index in [9.17, 15) is 0 Å². The van der Waals surface area contributed by atoms with Gasteiger partial charge in [0.05, 0.1) is 6.20 Å². The van der Waals surface area contributed by atoms with Crippen LogP contribution in [0.2, 0.25) is 0 Å². The summed E-state index contributed by atoms with van der Waals surface area (Å²) in [5, 5.41) is 8.83. The maximum absolute atomic E-state index is 5.72. The minimum Gasteiger partial charge on any atom is -0.385 e. The predicted octanol–water partition coefficient (Wildman–Crippen LogP) is 2.58. The number of hydrogen-bond acceptors (Lipinski definition) is 7. The molecule has 2 saturated heterocycles. The zero-order valence-corrected chi connectivity index (χ0v) is 17.9. The molecule has 2 fully saturated rings. The average molecular weight is 404 g/mol. The van der Waals surface area contributed by atoms with Crippen LogP contribution >= 0.6 is 0 Å². The Labute approximate surface area is 172 Å². The van der Waals surface area contributed by atoms with Crippen LogP contribution in [0.1, 0.15) is 61.0 Å². The van der Waals surface area contributed by atoms with Gasteiger partial charge in [-0.15, -0.1) is 0 Å². The summed E-state index contributed by atoms with van der Waals surface area (Å²) in [5.41, 5.74) is 2.47. The summed E-state index contributed by atoms with van der Waals surface area (Å²) in [6, 6.07) is 0. The lowest BCUT2D eigenvalue weighted by molar-refractivity contribution is 0.0778. The molecule has 2 aromatic rings. The van der Waals surface area contributed by atoms with E-state index in [-0.39, 0.29) is 5.41 Å². The topological polar surface area (TPSA) is 78.4 Å². The summed E-state index contributed by atoms with van der Waals surface area (Å²) in [5.74, 6) is 1.99. The molecule has 0 spiro atoms. The van der Waals surface area contributed by atoms with Gasteiger partial charge in [-0.3, -0.25) is 9.58 Å². The summed E-state index contributed by atoms with van der Waals surface area (Å²) in [7, 11) is 3.76. The summed E-state index contributed by atoms with van der Waals surface area (Å²) < 4.78 is 18.6. The lowest BCUT2D eigenvalue weighted by Crippen LogP contribution is -2.43. The quantitative estimate of drug-likeness (QED) is 0.703. The Bertz CT molecular complexity index is 788. The number of nitrogens with zero attached hydrogens (tertiary/aromatic N) is 5. The zero-order chi connectivity index (χ0) is 20.3. The number of piperidine rings is 1. The predicted molar refractivity (Wildman–Crippen MR) is 108 cm³/mol. The molecule has 29 heavy (non-hydrogen) atoms. The Morgan fingerprint density at radius 2 is 2.00 bits per heavy atom. The summed E-state index contributed by atoms with van der Waals surface area (Å²) in [6.07, 6.45) is 6.87. The maximum atomic E-state index is 5.72. The average Bonchev–Trinajstić information content (AvgIpc) is 3.38. The van der Waals surface area contributed by atoms with Gasteiger partial charge in [0, 0.05) is 63.1 Å². The van der Waals surface area contributed by atoms with Gasteiger partial charge in [-0.2, -0.15) is 10.1 Å². The van der Waals surface area contributed by atoms with Crippen LogP contribution in [-0.2, 0) is 28.5 Å². The van der Waals surface area contributed by atoms with E-state index in [1.807, 2.05) is 17.9 Å². The molecule has 2 aromatic heterocycles. The van der Waals surface area contributed by atoms with Gasteiger partial charge >= 0.3 is 0 Å². The summed E-state index contributed by atoms with van der Waals surface area (Å²) in [4.78, 5) is 7.40. The van der Waals surface area contributed by atoms with Gasteiger partial charge in [-0.05, 0) is 52.1 Å². The normalized spacial score (nSPS) is 20.9. The number of hydrogen-bond donors (Lipinski definition) is 0. The second-order valence-electron chi connectivity index (χ2n) is 8.52. The fourth-order valence-corrected chi connectivity index (χ4v) is 4.52. The number of ether oxygens (including phenoxy) is 2. The van der Waals surface area contributed by atoms with E-state index in [0.717, 1.165) is 76.7 Å². The van der Waals surface area contributed by atoms with Crippen LogP contribution in [0.5, 0.6) is 0 Å². The molecule has 4 heterocycles. The van der Waals surface area contributed by atoms with Crippen molar-refractivity contribution in [2.75, 3.05) is 40.0 Å². The Kier molecular flexibility index (Phi) is 6.32. The number of rotatable bonds is 7. The second kappa shape index (κ2) is 8.93. The molecule has 0 N–H and O–H groups in total. The van der Waals surface area contributed by atoms with Crippen molar-refractivity contribution in [3.63, 3.8) is 0 Å². The smallest absolute Gasteiger partial charge is 0.229 e. The van der Waals surface area contributed by atoms with Gasteiger partial charge in [0.1, 0.15) is 0 Å². The van der Waals surface area contributed by atoms with Crippen LogP contribution in [-0.4, -0.2) is 64.8 Å². The Balaban J connectivity index is 1.45. The Morgan fingerprint density at radius 1 is 1.24 bits per heavy atom. The standard InChI is InChI=1S/C21H33N5O3/c1-16-18(14-22-25(16)2)15-26-9-6-21(7-10-26,8-13-27-3)20-23-19(29-24-20)17-4-11-28-12-5-17/h14,17H,4-13,15H2,1-3H3. The van der Waals surface area contributed by atoms with Crippen molar-refractivity contribution >= 4 is 0 Å². The van der Waals surface area contributed by atoms with Crippen LogP contribution < -0.4 is 0 Å². The molecule has 0 aliphatic carbocycles. The molecule has 0 atom stereocenters. The molecular weight excluding hydrogens is 370 g/mol. The van der Waals surface area contributed by atoms with E-state index in [4.69, 9.17) is 19.0 Å². The van der Waals surface area contributed by atoms with E-state index < -0.39 is 0 Å². The van der Waals surface area contributed by atoms with Crippen molar-refractivity contribution in [3.8, 4) is 0 Å². The molecule has 8 heteroatoms. The molecule has 4 rings (SSSR count). The van der Waals surface area contributed by atoms with Crippen LogP contribution in [0.15, 0.2) is 10.7 Å². The highest BCUT2D eigenvalue weighted by molar-refractivity contribution is 5.17. The van der Waals surface area contributed by atoms with Crippen LogP contribution in [0, 0.1) is 6.92 Å². The summed E-state index contributed by atoms with van der Waals surface area (Å²) in [6.45, 7) is 7.37. The van der Waals surface area contributed by atoms with Crippen molar-refractivity contribution in [1.29, 1.82) is 0 Å². The Hall–Kier alpha value is -1.77.